The normalized spacial score (nSPS) is 10.9. The number of carbonyl (C=O) groups excluding carboxylic acids is 2. The van der Waals surface area contributed by atoms with Crippen molar-refractivity contribution >= 4 is 33.5 Å². The Morgan fingerprint density at radius 2 is 0.889 bits per heavy atom. The van der Waals surface area contributed by atoms with Crippen LogP contribution in [0.2, 0.25) is 0 Å². The van der Waals surface area contributed by atoms with Gasteiger partial charge in [-0.1, -0.05) is 109 Å². The smallest absolute Gasteiger partial charge is 0.349 e. The highest BCUT2D eigenvalue weighted by Crippen LogP contribution is 2.36. The lowest BCUT2D eigenvalue weighted by Gasteiger charge is -2.17. The van der Waals surface area contributed by atoms with Gasteiger partial charge in [0.1, 0.15) is 23.0 Å². The minimum atomic E-state index is -0.519. The Bertz CT molecular complexity index is 1870. The molecule has 6 aromatic carbocycles. The van der Waals surface area contributed by atoms with E-state index in [9.17, 15) is 9.59 Å². The molecule has 0 aliphatic rings. The fourth-order valence-corrected chi connectivity index (χ4v) is 5.30. The zero-order valence-electron chi connectivity index (χ0n) is 25.1. The van der Waals surface area contributed by atoms with Crippen LogP contribution in [0.5, 0.6) is 23.0 Å². The average molecular weight is 597 g/mol. The SMILES string of the molecule is Cc1ccccc1OCC(=O)Oc1c(Cc2ccc3ccccc3c2OC(=O)COc2ccccc2C)ccc2ccccc12. The van der Waals surface area contributed by atoms with Crippen molar-refractivity contribution in [1.82, 2.24) is 0 Å². The van der Waals surface area contributed by atoms with Crippen LogP contribution in [0.3, 0.4) is 0 Å². The number of benzene rings is 6. The van der Waals surface area contributed by atoms with Crippen molar-refractivity contribution in [1.29, 1.82) is 0 Å². The van der Waals surface area contributed by atoms with Gasteiger partial charge in [0.25, 0.3) is 0 Å². The Morgan fingerprint density at radius 1 is 0.489 bits per heavy atom. The van der Waals surface area contributed by atoms with Crippen LogP contribution in [-0.2, 0) is 16.0 Å². The zero-order valence-corrected chi connectivity index (χ0v) is 25.1. The van der Waals surface area contributed by atoms with Gasteiger partial charge in [0.15, 0.2) is 13.2 Å². The highest BCUT2D eigenvalue weighted by Gasteiger charge is 2.19. The first-order valence-corrected chi connectivity index (χ1v) is 14.8. The van der Waals surface area contributed by atoms with Gasteiger partial charge in [0, 0.05) is 28.3 Å². The highest BCUT2D eigenvalue weighted by molar-refractivity contribution is 5.94. The van der Waals surface area contributed by atoms with Crippen molar-refractivity contribution in [3.63, 3.8) is 0 Å². The molecule has 0 atom stereocenters. The van der Waals surface area contributed by atoms with Gasteiger partial charge in [0.05, 0.1) is 0 Å². The molecule has 0 spiro atoms. The largest absolute Gasteiger partial charge is 0.482 e. The quantitative estimate of drug-likeness (QED) is 0.117. The second kappa shape index (κ2) is 13.3. The van der Waals surface area contributed by atoms with E-state index in [4.69, 9.17) is 18.9 Å². The van der Waals surface area contributed by atoms with Crippen LogP contribution in [0, 0.1) is 13.8 Å². The summed E-state index contributed by atoms with van der Waals surface area (Å²) in [5.41, 5.74) is 3.39. The van der Waals surface area contributed by atoms with Gasteiger partial charge in [-0.15, -0.1) is 0 Å². The zero-order chi connectivity index (χ0) is 31.2. The molecule has 0 heterocycles. The molecule has 0 aromatic heterocycles. The van der Waals surface area contributed by atoms with E-state index in [0.717, 1.165) is 43.8 Å². The van der Waals surface area contributed by atoms with Crippen LogP contribution in [0.1, 0.15) is 22.3 Å². The standard InChI is InChI=1S/C39H32O6/c1-26-11-3-9-17-34(26)42-24-36(40)44-38-30(21-19-28-13-5-7-15-32(28)38)23-31-22-20-29-14-6-8-16-33(29)39(31)45-37(41)25-43-35-18-10-4-12-27(35)2/h3-22H,23-25H2,1-2H3. The molecule has 6 nitrogen and oxygen atoms in total. The molecule has 6 heteroatoms. The third kappa shape index (κ3) is 6.81. The maximum Gasteiger partial charge on any atom is 0.349 e. The van der Waals surface area contributed by atoms with Crippen molar-refractivity contribution in [3.05, 3.63) is 144 Å². The molecule has 0 bridgehead atoms. The summed E-state index contributed by atoms with van der Waals surface area (Å²) in [5, 5.41) is 3.46. The van der Waals surface area contributed by atoms with Crippen LogP contribution in [0.15, 0.2) is 121 Å². The summed E-state index contributed by atoms with van der Waals surface area (Å²) in [4.78, 5) is 26.2. The first-order valence-electron chi connectivity index (χ1n) is 14.8. The van der Waals surface area contributed by atoms with Crippen LogP contribution < -0.4 is 18.9 Å². The fraction of sp³-hybridized carbons (Fsp3) is 0.128. The van der Waals surface area contributed by atoms with Gasteiger partial charge in [-0.3, -0.25) is 0 Å². The number of aryl methyl sites for hydroxylation is 2. The molecule has 0 aliphatic heterocycles. The van der Waals surface area contributed by atoms with Crippen molar-refractivity contribution in [2.45, 2.75) is 20.3 Å². The second-order valence-electron chi connectivity index (χ2n) is 10.8. The third-order valence-corrected chi connectivity index (χ3v) is 7.61. The number of fused-ring (bicyclic) bond motifs is 2. The molecule has 0 saturated heterocycles. The molecular formula is C39H32O6. The summed E-state index contributed by atoms with van der Waals surface area (Å²) in [6.07, 6.45) is 0.345. The number of hydrogen-bond donors (Lipinski definition) is 0. The van der Waals surface area contributed by atoms with Crippen LogP contribution in [0.25, 0.3) is 21.5 Å². The van der Waals surface area contributed by atoms with Gasteiger partial charge < -0.3 is 18.9 Å². The fourth-order valence-electron chi connectivity index (χ4n) is 5.30. The summed E-state index contributed by atoms with van der Waals surface area (Å²) in [5.74, 6) is 1.10. The van der Waals surface area contributed by atoms with Crippen molar-refractivity contribution < 1.29 is 28.5 Å². The van der Waals surface area contributed by atoms with E-state index in [1.807, 2.05) is 135 Å². The van der Waals surface area contributed by atoms with E-state index >= 15 is 0 Å². The first-order chi connectivity index (χ1) is 22.0. The molecule has 6 aromatic rings. The van der Waals surface area contributed by atoms with E-state index in [1.165, 1.54) is 0 Å². The van der Waals surface area contributed by atoms with Crippen molar-refractivity contribution in [3.8, 4) is 23.0 Å². The Morgan fingerprint density at radius 3 is 1.33 bits per heavy atom. The number of hydrogen-bond acceptors (Lipinski definition) is 6. The van der Waals surface area contributed by atoms with Crippen LogP contribution >= 0.6 is 0 Å². The maximum absolute atomic E-state index is 13.1. The number of rotatable bonds is 10. The summed E-state index contributed by atoms with van der Waals surface area (Å²) in [7, 11) is 0. The Kier molecular flexibility index (Phi) is 8.74. The average Bonchev–Trinajstić information content (AvgIpc) is 3.06. The van der Waals surface area contributed by atoms with E-state index in [-0.39, 0.29) is 13.2 Å². The maximum atomic E-state index is 13.1. The van der Waals surface area contributed by atoms with Crippen molar-refractivity contribution in [2.75, 3.05) is 13.2 Å². The lowest BCUT2D eigenvalue weighted by Crippen LogP contribution is -2.19. The Labute approximate surface area is 261 Å². The second-order valence-corrected chi connectivity index (χ2v) is 10.8. The third-order valence-electron chi connectivity index (χ3n) is 7.61. The van der Waals surface area contributed by atoms with Crippen molar-refractivity contribution in [2.24, 2.45) is 0 Å². The van der Waals surface area contributed by atoms with Gasteiger partial charge in [0.2, 0.25) is 0 Å². The molecule has 45 heavy (non-hydrogen) atoms. The molecular weight excluding hydrogens is 564 g/mol. The molecule has 0 unspecified atom stereocenters. The molecule has 0 radical (unpaired) electrons. The molecule has 0 N–H and O–H groups in total. The molecule has 0 aliphatic carbocycles. The molecule has 0 amide bonds. The molecule has 0 fully saturated rings. The number of esters is 2. The minimum Gasteiger partial charge on any atom is -0.482 e. The predicted molar refractivity (Wildman–Crippen MR) is 175 cm³/mol. The van der Waals surface area contributed by atoms with Gasteiger partial charge in [-0.2, -0.15) is 0 Å². The minimum absolute atomic E-state index is 0.243. The molecule has 6 rings (SSSR count). The number of ether oxygens (including phenoxy) is 4. The van der Waals surface area contributed by atoms with Crippen LogP contribution in [0.4, 0.5) is 0 Å². The van der Waals surface area contributed by atoms with E-state index < -0.39 is 11.9 Å². The lowest BCUT2D eigenvalue weighted by molar-refractivity contribution is -0.137. The number of carbonyl (C=O) groups is 2. The molecule has 0 saturated carbocycles. The highest BCUT2D eigenvalue weighted by atomic mass is 16.6. The number of para-hydroxylation sites is 2. The summed E-state index contributed by atoms with van der Waals surface area (Å²) in [6.45, 7) is 3.36. The molecule has 224 valence electrons. The van der Waals surface area contributed by atoms with E-state index in [1.54, 1.807) is 0 Å². The van der Waals surface area contributed by atoms with Gasteiger partial charge in [-0.05, 0) is 47.9 Å². The van der Waals surface area contributed by atoms with Crippen LogP contribution in [-0.4, -0.2) is 25.2 Å². The van der Waals surface area contributed by atoms with E-state index in [0.29, 0.717) is 29.4 Å². The summed E-state index contributed by atoms with van der Waals surface area (Å²) >= 11 is 0. The topological polar surface area (TPSA) is 71.1 Å². The predicted octanol–water partition coefficient (Wildman–Crippen LogP) is 8.17. The lowest BCUT2D eigenvalue weighted by atomic mass is 9.97. The van der Waals surface area contributed by atoms with Gasteiger partial charge in [-0.25, -0.2) is 9.59 Å². The first kappa shape index (κ1) is 29.5. The summed E-state index contributed by atoms with van der Waals surface area (Å²) in [6, 6.07) is 38.4. The van der Waals surface area contributed by atoms with Gasteiger partial charge >= 0.3 is 11.9 Å². The Balaban J connectivity index is 1.30. The Hall–Kier alpha value is -5.62. The monoisotopic (exact) mass is 596 g/mol. The summed E-state index contributed by atoms with van der Waals surface area (Å²) < 4.78 is 23.6. The van der Waals surface area contributed by atoms with E-state index in [2.05, 4.69) is 0 Å².